The van der Waals surface area contributed by atoms with Crippen LogP contribution in [0.5, 0.6) is 0 Å². The Bertz CT molecular complexity index is 1260. The number of carbonyl (C=O) groups excluding carboxylic acids is 3. The molecule has 2 heterocycles. The second-order valence-electron chi connectivity index (χ2n) is 8.04. The summed E-state index contributed by atoms with van der Waals surface area (Å²) in [6, 6.07) is 7.65. The summed E-state index contributed by atoms with van der Waals surface area (Å²) in [6.45, 7) is 3.41. The van der Waals surface area contributed by atoms with Gasteiger partial charge in [-0.05, 0) is 36.4 Å². The van der Waals surface area contributed by atoms with E-state index >= 15 is 0 Å². The monoisotopic (exact) mass is 514 g/mol. The van der Waals surface area contributed by atoms with Gasteiger partial charge < -0.3 is 19.5 Å². The molecule has 1 atom stereocenters. The zero-order valence-electron chi connectivity index (χ0n) is 20.3. The van der Waals surface area contributed by atoms with Crippen molar-refractivity contribution in [3.63, 3.8) is 0 Å². The van der Waals surface area contributed by atoms with Crippen LogP contribution < -0.4 is 5.32 Å². The lowest BCUT2D eigenvalue weighted by molar-refractivity contribution is -0.384. The van der Waals surface area contributed by atoms with Crippen LogP contribution >= 0.6 is 11.3 Å². The van der Waals surface area contributed by atoms with Gasteiger partial charge in [0.2, 0.25) is 0 Å². The first kappa shape index (κ1) is 26.6. The van der Waals surface area contributed by atoms with Crippen LogP contribution in [-0.2, 0) is 41.4 Å². The number of rotatable bonds is 9. The third kappa shape index (κ3) is 5.98. The van der Waals surface area contributed by atoms with Gasteiger partial charge in [-0.3, -0.25) is 14.9 Å². The van der Waals surface area contributed by atoms with Crippen LogP contribution in [0.3, 0.4) is 0 Å². The molecular formula is C25H26N2O8S. The molecule has 0 bridgehead atoms. The number of nitrogens with zero attached hydrogens (tertiary/aromatic N) is 1. The molecule has 10 nitrogen and oxygen atoms in total. The van der Waals surface area contributed by atoms with E-state index in [0.717, 1.165) is 10.4 Å². The highest BCUT2D eigenvalue weighted by Gasteiger charge is 2.38. The van der Waals surface area contributed by atoms with Crippen molar-refractivity contribution in [3.05, 3.63) is 84.4 Å². The first-order chi connectivity index (χ1) is 17.2. The van der Waals surface area contributed by atoms with Crippen molar-refractivity contribution >= 4 is 34.9 Å². The van der Waals surface area contributed by atoms with Crippen molar-refractivity contribution in [1.82, 2.24) is 5.32 Å². The van der Waals surface area contributed by atoms with E-state index in [-0.39, 0.29) is 35.8 Å². The molecule has 0 saturated heterocycles. The number of carbonyl (C=O) groups is 3. The number of esters is 3. The Kier molecular flexibility index (Phi) is 8.59. The average Bonchev–Trinajstić information content (AvgIpc) is 3.29. The average molecular weight is 515 g/mol. The number of benzene rings is 1. The predicted molar refractivity (Wildman–Crippen MR) is 131 cm³/mol. The van der Waals surface area contributed by atoms with E-state index in [1.807, 2.05) is 11.4 Å². The lowest BCUT2D eigenvalue weighted by atomic mass is 9.80. The number of nitro benzene ring substituents is 1. The number of nitro groups is 1. The number of hydrogen-bond donors (Lipinski definition) is 1. The molecule has 1 aliphatic heterocycles. The fourth-order valence-electron chi connectivity index (χ4n) is 4.01. The summed E-state index contributed by atoms with van der Waals surface area (Å²) < 4.78 is 15.2. The highest BCUT2D eigenvalue weighted by molar-refractivity contribution is 7.10. The van der Waals surface area contributed by atoms with Crippen molar-refractivity contribution in [2.24, 2.45) is 0 Å². The van der Waals surface area contributed by atoms with E-state index in [4.69, 9.17) is 9.47 Å². The Hall–Kier alpha value is -3.99. The molecule has 0 spiro atoms. The smallest absolute Gasteiger partial charge is 0.336 e. The Labute approximate surface area is 211 Å². The van der Waals surface area contributed by atoms with Gasteiger partial charge in [0.05, 0.1) is 49.2 Å². The molecule has 1 aliphatic rings. The second-order valence-corrected chi connectivity index (χ2v) is 9.03. The van der Waals surface area contributed by atoms with Gasteiger partial charge >= 0.3 is 17.9 Å². The maximum atomic E-state index is 13.3. The van der Waals surface area contributed by atoms with Crippen LogP contribution in [0.15, 0.2) is 58.3 Å². The van der Waals surface area contributed by atoms with Crippen LogP contribution in [0, 0.1) is 10.1 Å². The fourth-order valence-corrected chi connectivity index (χ4v) is 4.88. The first-order valence-corrected chi connectivity index (χ1v) is 11.9. The largest absolute Gasteiger partial charge is 0.469 e. The van der Waals surface area contributed by atoms with Crippen molar-refractivity contribution in [2.45, 2.75) is 32.6 Å². The van der Waals surface area contributed by atoms with Gasteiger partial charge in [-0.15, -0.1) is 11.3 Å². The van der Waals surface area contributed by atoms with Crippen LogP contribution in [0.4, 0.5) is 5.69 Å². The molecule has 0 aliphatic carbocycles. The van der Waals surface area contributed by atoms with Crippen molar-refractivity contribution in [3.8, 4) is 0 Å². The van der Waals surface area contributed by atoms with E-state index in [2.05, 4.69) is 10.1 Å². The number of ether oxygens (including phenoxy) is 3. The molecule has 1 N–H and O–H groups in total. The normalized spacial score (nSPS) is 15.3. The zero-order valence-corrected chi connectivity index (χ0v) is 21.1. The number of methoxy groups -OCH3 is 2. The summed E-state index contributed by atoms with van der Waals surface area (Å²) in [4.78, 5) is 49.2. The van der Waals surface area contributed by atoms with Crippen LogP contribution in [-0.4, -0.2) is 43.7 Å². The van der Waals surface area contributed by atoms with Crippen LogP contribution in [0.25, 0.3) is 0 Å². The molecule has 36 heavy (non-hydrogen) atoms. The number of allylic oxidation sites excluding steroid dienone is 2. The summed E-state index contributed by atoms with van der Waals surface area (Å²) in [6.07, 6.45) is 0.592. The topological polar surface area (TPSA) is 134 Å². The van der Waals surface area contributed by atoms with E-state index in [0.29, 0.717) is 23.4 Å². The van der Waals surface area contributed by atoms with Gasteiger partial charge in [0.15, 0.2) is 0 Å². The van der Waals surface area contributed by atoms with E-state index in [1.54, 1.807) is 19.9 Å². The zero-order chi connectivity index (χ0) is 26.4. The van der Waals surface area contributed by atoms with Crippen LogP contribution in [0.2, 0.25) is 0 Å². The second kappa shape index (κ2) is 11.6. The number of dihydropyridines is 1. The first-order valence-electron chi connectivity index (χ1n) is 11.0. The van der Waals surface area contributed by atoms with Crippen molar-refractivity contribution in [2.75, 3.05) is 20.8 Å². The SMILES string of the molecule is COC(=O)Cc1csc(CCOC(=O)C2=C(C)NC(C)=C(C(=O)OC)C2c2cccc([N+](=O)[O-])c2)c1. The van der Waals surface area contributed by atoms with Gasteiger partial charge in [0.1, 0.15) is 0 Å². The minimum absolute atomic E-state index is 0.0612. The molecule has 0 saturated carbocycles. The molecule has 3 rings (SSSR count). The Morgan fingerprint density at radius 2 is 1.75 bits per heavy atom. The molecule has 0 amide bonds. The minimum atomic E-state index is -0.917. The maximum Gasteiger partial charge on any atom is 0.336 e. The minimum Gasteiger partial charge on any atom is -0.469 e. The quantitative estimate of drug-likeness (QED) is 0.231. The summed E-state index contributed by atoms with van der Waals surface area (Å²) in [7, 11) is 2.56. The predicted octanol–water partition coefficient (Wildman–Crippen LogP) is 3.57. The Morgan fingerprint density at radius 3 is 2.39 bits per heavy atom. The van der Waals surface area contributed by atoms with E-state index in [1.165, 1.54) is 43.8 Å². The van der Waals surface area contributed by atoms with E-state index < -0.39 is 22.8 Å². The number of nitrogens with one attached hydrogen (secondary N) is 1. The standard InChI is InChI=1S/C25H26N2O8S/c1-14-21(24(29)34-4)23(17-6-5-7-18(12-17)27(31)32)22(15(2)26-14)25(30)35-9-8-19-10-16(13-36-19)11-20(28)33-3/h5-7,10,12-13,23,26H,8-9,11H2,1-4H3. The molecule has 2 aromatic rings. The van der Waals surface area contributed by atoms with Crippen molar-refractivity contribution < 1.29 is 33.5 Å². The van der Waals surface area contributed by atoms with Crippen LogP contribution in [0.1, 0.15) is 35.8 Å². The number of hydrogen-bond acceptors (Lipinski definition) is 10. The fraction of sp³-hybridized carbons (Fsp3) is 0.320. The number of non-ortho nitro benzene ring substituents is 1. The van der Waals surface area contributed by atoms with Gasteiger partial charge in [-0.2, -0.15) is 0 Å². The third-order valence-corrected chi connectivity index (χ3v) is 6.71. The third-order valence-electron chi connectivity index (χ3n) is 5.67. The molecule has 1 unspecified atom stereocenters. The number of thiophene rings is 1. The molecule has 0 radical (unpaired) electrons. The van der Waals surface area contributed by atoms with Gasteiger partial charge in [-0.25, -0.2) is 9.59 Å². The molecule has 11 heteroatoms. The lowest BCUT2D eigenvalue weighted by Crippen LogP contribution is -2.32. The maximum absolute atomic E-state index is 13.3. The highest BCUT2D eigenvalue weighted by Crippen LogP contribution is 2.40. The summed E-state index contributed by atoms with van der Waals surface area (Å²) in [5.41, 5.74) is 2.32. The van der Waals surface area contributed by atoms with Gasteiger partial charge in [0.25, 0.3) is 5.69 Å². The molecule has 1 aromatic carbocycles. The molecular weight excluding hydrogens is 488 g/mol. The van der Waals surface area contributed by atoms with Gasteiger partial charge in [-0.1, -0.05) is 12.1 Å². The van der Waals surface area contributed by atoms with Crippen molar-refractivity contribution in [1.29, 1.82) is 0 Å². The Morgan fingerprint density at radius 1 is 1.06 bits per heavy atom. The molecule has 0 fully saturated rings. The van der Waals surface area contributed by atoms with Gasteiger partial charge in [0, 0.05) is 34.8 Å². The lowest BCUT2D eigenvalue weighted by Gasteiger charge is -2.30. The summed E-state index contributed by atoms with van der Waals surface area (Å²) >= 11 is 1.44. The highest BCUT2D eigenvalue weighted by atomic mass is 32.1. The Balaban J connectivity index is 1.85. The summed E-state index contributed by atoms with van der Waals surface area (Å²) in [5, 5.41) is 16.2. The molecule has 1 aromatic heterocycles. The summed E-state index contributed by atoms with van der Waals surface area (Å²) in [5.74, 6) is -2.57. The van der Waals surface area contributed by atoms with E-state index in [9.17, 15) is 24.5 Å². The molecule has 190 valence electrons.